The second-order valence-corrected chi connectivity index (χ2v) is 23.1. The average molecular weight is 973 g/mol. The van der Waals surface area contributed by atoms with Crippen molar-refractivity contribution in [2.24, 2.45) is 0 Å². The molecule has 4 nitrogen and oxygen atoms in total. The number of aromatic nitrogens is 4. The second kappa shape index (κ2) is 18.4. The van der Waals surface area contributed by atoms with Crippen LogP contribution in [0.4, 0.5) is 0 Å². The van der Waals surface area contributed by atoms with Gasteiger partial charge in [-0.05, 0) is 79.4 Å². The molecule has 0 spiro atoms. The quantitative estimate of drug-likeness (QED) is 0.101. The summed E-state index contributed by atoms with van der Waals surface area (Å²) in [5.41, 5.74) is 12.9. The fourth-order valence-corrected chi connectivity index (χ4v) is 16.7. The summed E-state index contributed by atoms with van der Waals surface area (Å²) in [7, 11) is -2.91. The van der Waals surface area contributed by atoms with Crippen LogP contribution < -0.4 is 20.7 Å². The van der Waals surface area contributed by atoms with Gasteiger partial charge in [0.1, 0.15) is 5.82 Å². The van der Waals surface area contributed by atoms with Gasteiger partial charge in [-0.1, -0.05) is 249 Å². The van der Waals surface area contributed by atoms with Crippen molar-refractivity contribution in [3.05, 3.63) is 291 Å². The van der Waals surface area contributed by atoms with Crippen LogP contribution in [-0.4, -0.2) is 27.2 Å². The Morgan fingerprint density at radius 2 is 0.693 bits per heavy atom. The van der Waals surface area contributed by atoms with E-state index < -0.39 is 8.07 Å². The minimum atomic E-state index is -2.91. The molecule has 0 atom stereocenters. The van der Waals surface area contributed by atoms with E-state index in [9.17, 15) is 0 Å². The summed E-state index contributed by atoms with van der Waals surface area (Å²) in [5.74, 6) is 1.44. The van der Waals surface area contributed by atoms with E-state index in [2.05, 4.69) is 300 Å². The first kappa shape index (κ1) is 44.1. The molecule has 5 heteroatoms. The van der Waals surface area contributed by atoms with Crippen molar-refractivity contribution >= 4 is 72.4 Å². The van der Waals surface area contributed by atoms with Gasteiger partial charge >= 0.3 is 0 Å². The van der Waals surface area contributed by atoms with Gasteiger partial charge in [-0.3, -0.25) is 4.57 Å². The Bertz CT molecular complexity index is 4190. The number of hydrogen-bond acceptors (Lipinski definition) is 2. The highest BCUT2D eigenvalue weighted by Gasteiger charge is 2.41. The monoisotopic (exact) mass is 972 g/mol. The van der Waals surface area contributed by atoms with E-state index in [-0.39, 0.29) is 0 Å². The Morgan fingerprint density at radius 3 is 1.23 bits per heavy atom. The summed E-state index contributed by atoms with van der Waals surface area (Å²) < 4.78 is 4.75. The standard InChI is InChI=1S/C70H48N4Si/c1-6-24-49(25-7-1)57-39-23-40-58(50-26-8-2-9-27-50)69(57)63-48-68(74-66-43-21-18-38-61(66)62-47-52(44-45-67(62)74)73-64-41-19-16-36-59(64)60-37-17-20-42-65(60)73)72-70(71-63)51-28-22-35-56(46-51)75(53-29-10-3-11-30-53,54-31-12-4-13-32-54)55-33-14-5-15-34-55/h1-48H. The summed E-state index contributed by atoms with van der Waals surface area (Å²) in [6.45, 7) is 0. The van der Waals surface area contributed by atoms with E-state index in [1.807, 2.05) is 0 Å². The first-order valence-electron chi connectivity index (χ1n) is 25.7. The lowest BCUT2D eigenvalue weighted by molar-refractivity contribution is 1.05. The molecule has 75 heavy (non-hydrogen) atoms. The van der Waals surface area contributed by atoms with Crippen LogP contribution in [0, 0.1) is 0 Å². The molecule has 352 valence electrons. The molecule has 0 saturated carbocycles. The first-order valence-corrected chi connectivity index (χ1v) is 27.7. The number of para-hydroxylation sites is 3. The molecule has 0 fully saturated rings. The van der Waals surface area contributed by atoms with E-state index in [1.54, 1.807) is 0 Å². The Hall–Kier alpha value is -9.68. The van der Waals surface area contributed by atoms with Gasteiger partial charge in [-0.15, -0.1) is 0 Å². The number of hydrogen-bond donors (Lipinski definition) is 0. The van der Waals surface area contributed by atoms with Crippen LogP contribution in [0.2, 0.25) is 0 Å². The van der Waals surface area contributed by atoms with Crippen molar-refractivity contribution in [1.29, 1.82) is 0 Å². The highest BCUT2D eigenvalue weighted by molar-refractivity contribution is 7.19. The Morgan fingerprint density at radius 1 is 0.280 bits per heavy atom. The van der Waals surface area contributed by atoms with E-state index in [1.165, 1.54) is 42.6 Å². The van der Waals surface area contributed by atoms with Gasteiger partial charge in [0, 0.05) is 44.4 Å². The lowest BCUT2D eigenvalue weighted by atomic mass is 9.89. The molecule has 0 saturated heterocycles. The van der Waals surface area contributed by atoms with E-state index in [0.29, 0.717) is 5.82 Å². The molecule has 0 aliphatic carbocycles. The fraction of sp³-hybridized carbons (Fsp3) is 0. The topological polar surface area (TPSA) is 35.6 Å². The minimum Gasteiger partial charge on any atom is -0.309 e. The predicted molar refractivity (Wildman–Crippen MR) is 316 cm³/mol. The second-order valence-electron chi connectivity index (χ2n) is 19.2. The molecule has 0 unspecified atom stereocenters. The van der Waals surface area contributed by atoms with Crippen molar-refractivity contribution in [1.82, 2.24) is 19.1 Å². The molecule has 3 aromatic heterocycles. The molecular formula is C70H48N4Si. The maximum Gasteiger partial charge on any atom is 0.179 e. The lowest BCUT2D eigenvalue weighted by Gasteiger charge is -2.34. The molecule has 0 N–H and O–H groups in total. The van der Waals surface area contributed by atoms with Crippen LogP contribution in [0.15, 0.2) is 291 Å². The highest BCUT2D eigenvalue weighted by atomic mass is 28.3. The number of benzene rings is 11. The fourth-order valence-electron chi connectivity index (χ4n) is 11.9. The van der Waals surface area contributed by atoms with Crippen LogP contribution in [0.3, 0.4) is 0 Å². The van der Waals surface area contributed by atoms with Gasteiger partial charge in [0.25, 0.3) is 0 Å². The van der Waals surface area contributed by atoms with Crippen molar-refractivity contribution in [3.63, 3.8) is 0 Å². The third-order valence-corrected chi connectivity index (χ3v) is 19.9. The lowest BCUT2D eigenvalue weighted by Crippen LogP contribution is -2.74. The van der Waals surface area contributed by atoms with Gasteiger partial charge in [0.2, 0.25) is 0 Å². The van der Waals surface area contributed by atoms with Crippen LogP contribution in [0.1, 0.15) is 0 Å². The first-order chi connectivity index (χ1) is 37.2. The summed E-state index contributed by atoms with van der Waals surface area (Å²) in [4.78, 5) is 11.5. The minimum absolute atomic E-state index is 0.649. The van der Waals surface area contributed by atoms with Gasteiger partial charge in [0.15, 0.2) is 13.9 Å². The SMILES string of the molecule is c1ccc(-c2cccc(-c3ccccc3)c2-c2cc(-n3c4ccccc4c4cc(-n5c6ccccc6c6ccccc65)ccc43)nc(-c3cccc([Si](c4ccccc4)(c4ccccc4)c4ccccc4)c3)n2)cc1. The van der Waals surface area contributed by atoms with E-state index in [4.69, 9.17) is 9.97 Å². The van der Waals surface area contributed by atoms with Crippen molar-refractivity contribution < 1.29 is 0 Å². The number of fused-ring (bicyclic) bond motifs is 6. The van der Waals surface area contributed by atoms with Crippen LogP contribution in [0.5, 0.6) is 0 Å². The molecule has 0 aliphatic rings. The Kier molecular flexibility index (Phi) is 10.8. The average Bonchev–Trinajstić information content (AvgIpc) is 4.03. The zero-order chi connectivity index (χ0) is 49.7. The molecule has 0 radical (unpaired) electrons. The number of rotatable bonds is 10. The molecule has 14 aromatic rings. The molecular weight excluding hydrogens is 925 g/mol. The number of nitrogens with zero attached hydrogens (tertiary/aromatic N) is 4. The summed E-state index contributed by atoms with van der Waals surface area (Å²) >= 11 is 0. The molecule has 14 rings (SSSR count). The third kappa shape index (κ3) is 7.35. The predicted octanol–water partition coefficient (Wildman–Crippen LogP) is 14.7. The zero-order valence-corrected chi connectivity index (χ0v) is 42.0. The largest absolute Gasteiger partial charge is 0.309 e. The normalized spacial score (nSPS) is 11.7. The van der Waals surface area contributed by atoms with Crippen molar-refractivity contribution in [3.8, 4) is 56.4 Å². The smallest absolute Gasteiger partial charge is 0.179 e. The molecule has 3 heterocycles. The van der Waals surface area contributed by atoms with Gasteiger partial charge < -0.3 is 4.57 Å². The Labute approximate surface area is 436 Å². The van der Waals surface area contributed by atoms with E-state index >= 15 is 0 Å². The van der Waals surface area contributed by atoms with Gasteiger partial charge in [0.05, 0.1) is 27.8 Å². The zero-order valence-electron chi connectivity index (χ0n) is 41.0. The van der Waals surface area contributed by atoms with Crippen molar-refractivity contribution in [2.45, 2.75) is 0 Å². The summed E-state index contributed by atoms with van der Waals surface area (Å²) in [6, 6.07) is 106. The Balaban J connectivity index is 1.06. The van der Waals surface area contributed by atoms with Crippen LogP contribution in [-0.2, 0) is 0 Å². The highest BCUT2D eigenvalue weighted by Crippen LogP contribution is 2.42. The van der Waals surface area contributed by atoms with Gasteiger partial charge in [-0.25, -0.2) is 9.97 Å². The molecule has 0 aliphatic heterocycles. The van der Waals surface area contributed by atoms with E-state index in [0.717, 1.165) is 72.4 Å². The van der Waals surface area contributed by atoms with Crippen LogP contribution in [0.25, 0.3) is 100 Å². The van der Waals surface area contributed by atoms with Gasteiger partial charge in [-0.2, -0.15) is 0 Å². The maximum atomic E-state index is 5.75. The molecule has 0 bridgehead atoms. The summed E-state index contributed by atoms with van der Waals surface area (Å²) in [5, 5.41) is 9.96. The van der Waals surface area contributed by atoms with Crippen molar-refractivity contribution in [2.75, 3.05) is 0 Å². The molecule has 11 aromatic carbocycles. The maximum absolute atomic E-state index is 5.75. The summed E-state index contributed by atoms with van der Waals surface area (Å²) in [6.07, 6.45) is 0. The molecule has 0 amide bonds. The third-order valence-electron chi connectivity index (χ3n) is 15.1. The van der Waals surface area contributed by atoms with Crippen LogP contribution >= 0.6 is 0 Å².